The molecule has 21 heavy (non-hydrogen) atoms. The zero-order chi connectivity index (χ0) is 16.0. The molecule has 0 saturated carbocycles. The molecule has 4 heteroatoms. The predicted octanol–water partition coefficient (Wildman–Crippen LogP) is 4.56. The highest BCUT2D eigenvalue weighted by Crippen LogP contribution is 2.27. The van der Waals surface area contributed by atoms with E-state index in [1.807, 2.05) is 12.1 Å². The molecule has 2 unspecified atom stereocenters. The fraction of sp³-hybridized carbons (Fsp3) is 0.647. The van der Waals surface area contributed by atoms with Crippen molar-refractivity contribution in [3.63, 3.8) is 0 Å². The zero-order valence-electron chi connectivity index (χ0n) is 13.7. The van der Waals surface area contributed by atoms with Crippen molar-refractivity contribution in [2.75, 3.05) is 13.7 Å². The molecule has 0 saturated heterocycles. The van der Waals surface area contributed by atoms with E-state index in [1.54, 1.807) is 7.11 Å². The van der Waals surface area contributed by atoms with Gasteiger partial charge in [-0.1, -0.05) is 49.7 Å². The van der Waals surface area contributed by atoms with Gasteiger partial charge in [0.1, 0.15) is 5.82 Å². The van der Waals surface area contributed by atoms with Crippen molar-refractivity contribution in [3.05, 3.63) is 34.1 Å². The Morgan fingerprint density at radius 3 is 2.48 bits per heavy atom. The average Bonchev–Trinajstić information content (AvgIpc) is 2.37. The molecule has 0 radical (unpaired) electrons. The second-order valence-corrected chi connectivity index (χ2v) is 7.44. The number of halogens is 2. The van der Waals surface area contributed by atoms with Gasteiger partial charge in [-0.15, -0.1) is 0 Å². The van der Waals surface area contributed by atoms with Crippen molar-refractivity contribution in [2.45, 2.75) is 52.7 Å². The largest absolute Gasteiger partial charge is 0.379 e. The number of rotatable bonds is 7. The highest BCUT2D eigenvalue weighted by atomic mass is 79.9. The van der Waals surface area contributed by atoms with Crippen molar-refractivity contribution in [3.8, 4) is 0 Å². The smallest absolute Gasteiger partial charge is 0.127 e. The first kappa shape index (κ1) is 18.6. The highest BCUT2D eigenvalue weighted by Gasteiger charge is 2.32. The summed E-state index contributed by atoms with van der Waals surface area (Å²) in [6, 6.07) is 5.33. The molecule has 0 heterocycles. The number of hydrogen-bond donors (Lipinski definition) is 1. The lowest BCUT2D eigenvalue weighted by atomic mass is 9.82. The van der Waals surface area contributed by atoms with Gasteiger partial charge in [-0.05, 0) is 42.5 Å². The maximum absolute atomic E-state index is 14.1. The molecular weight excluding hydrogens is 333 g/mol. The molecule has 1 rings (SSSR count). The molecular formula is C17H27BrFNO. The molecule has 0 aromatic heterocycles. The van der Waals surface area contributed by atoms with Crippen LogP contribution in [0.15, 0.2) is 22.7 Å². The van der Waals surface area contributed by atoms with Crippen molar-refractivity contribution >= 4 is 15.9 Å². The van der Waals surface area contributed by atoms with Gasteiger partial charge in [-0.25, -0.2) is 4.39 Å². The highest BCUT2D eigenvalue weighted by molar-refractivity contribution is 9.10. The fourth-order valence-corrected chi connectivity index (χ4v) is 2.99. The molecule has 0 aliphatic heterocycles. The molecule has 0 aliphatic carbocycles. The first-order chi connectivity index (χ1) is 9.79. The van der Waals surface area contributed by atoms with Crippen molar-refractivity contribution in [2.24, 2.45) is 5.41 Å². The standard InChI is InChI=1S/C17H27BrFNO/c1-6-9-20-15(16(21-5)17(2,3)4)10-12-7-8-13(18)11-14(12)19/h7-8,11,15-16,20H,6,9-10H2,1-5H3. The summed E-state index contributed by atoms with van der Waals surface area (Å²) < 4.78 is 20.6. The first-order valence-corrected chi connectivity index (χ1v) is 8.29. The number of benzene rings is 1. The molecule has 0 amide bonds. The Morgan fingerprint density at radius 2 is 2.00 bits per heavy atom. The first-order valence-electron chi connectivity index (χ1n) is 7.49. The summed E-state index contributed by atoms with van der Waals surface area (Å²) in [4.78, 5) is 0. The van der Waals surface area contributed by atoms with Gasteiger partial charge in [0, 0.05) is 17.6 Å². The minimum absolute atomic E-state index is 0.00794. The summed E-state index contributed by atoms with van der Waals surface area (Å²) in [5.74, 6) is -0.170. The van der Waals surface area contributed by atoms with Crippen molar-refractivity contribution in [1.82, 2.24) is 5.32 Å². The lowest BCUT2D eigenvalue weighted by molar-refractivity contribution is -0.0111. The Labute approximate surface area is 136 Å². The molecule has 120 valence electrons. The van der Waals surface area contributed by atoms with Crippen molar-refractivity contribution in [1.29, 1.82) is 0 Å². The van der Waals surface area contributed by atoms with Crippen LogP contribution in [0.2, 0.25) is 0 Å². The van der Waals surface area contributed by atoms with Crippen LogP contribution in [0.5, 0.6) is 0 Å². The number of nitrogens with one attached hydrogen (secondary N) is 1. The van der Waals surface area contributed by atoms with E-state index < -0.39 is 0 Å². The maximum Gasteiger partial charge on any atom is 0.127 e. The Balaban J connectivity index is 2.96. The zero-order valence-corrected chi connectivity index (χ0v) is 15.3. The van der Waals surface area contributed by atoms with Crippen LogP contribution in [0.25, 0.3) is 0 Å². The van der Waals surface area contributed by atoms with Gasteiger partial charge in [0.15, 0.2) is 0 Å². The second-order valence-electron chi connectivity index (χ2n) is 6.52. The van der Waals surface area contributed by atoms with E-state index in [0.717, 1.165) is 23.0 Å². The molecule has 1 N–H and O–H groups in total. The molecule has 0 bridgehead atoms. The molecule has 1 aromatic rings. The Kier molecular flexibility index (Phi) is 7.31. The van der Waals surface area contributed by atoms with Crippen LogP contribution < -0.4 is 5.32 Å². The van der Waals surface area contributed by atoms with Gasteiger partial charge < -0.3 is 10.1 Å². The Morgan fingerprint density at radius 1 is 1.33 bits per heavy atom. The van der Waals surface area contributed by atoms with Crippen LogP contribution in [-0.2, 0) is 11.2 Å². The molecule has 1 aromatic carbocycles. The SMILES string of the molecule is CCCNC(Cc1ccc(Br)cc1F)C(OC)C(C)(C)C. The summed E-state index contributed by atoms with van der Waals surface area (Å²) in [7, 11) is 1.73. The molecule has 0 spiro atoms. The summed E-state index contributed by atoms with van der Waals surface area (Å²) in [5, 5.41) is 3.51. The molecule has 2 nitrogen and oxygen atoms in total. The van der Waals surface area contributed by atoms with Gasteiger partial charge in [-0.2, -0.15) is 0 Å². The second kappa shape index (κ2) is 8.25. The van der Waals surface area contributed by atoms with E-state index in [-0.39, 0.29) is 23.4 Å². The summed E-state index contributed by atoms with van der Waals surface area (Å²) in [5.41, 5.74) is 0.713. The van der Waals surface area contributed by atoms with E-state index in [2.05, 4.69) is 48.9 Å². The monoisotopic (exact) mass is 359 g/mol. The third-order valence-electron chi connectivity index (χ3n) is 3.58. The van der Waals surface area contributed by atoms with Crippen LogP contribution in [0.1, 0.15) is 39.7 Å². The maximum atomic E-state index is 14.1. The summed E-state index contributed by atoms with van der Waals surface area (Å²) in [6.07, 6.45) is 1.68. The third kappa shape index (κ3) is 5.68. The topological polar surface area (TPSA) is 21.3 Å². The Bertz CT molecular complexity index is 445. The molecule has 2 atom stereocenters. The van der Waals surface area contributed by atoms with Gasteiger partial charge >= 0.3 is 0 Å². The van der Waals surface area contributed by atoms with Crippen molar-refractivity contribution < 1.29 is 9.13 Å². The molecule has 0 aliphatic rings. The minimum Gasteiger partial charge on any atom is -0.379 e. The molecule has 0 fully saturated rings. The van der Waals surface area contributed by atoms with Gasteiger partial charge in [0.25, 0.3) is 0 Å². The van der Waals surface area contributed by atoms with Crippen LogP contribution in [0.3, 0.4) is 0 Å². The number of hydrogen-bond acceptors (Lipinski definition) is 2. The third-order valence-corrected chi connectivity index (χ3v) is 4.08. The minimum atomic E-state index is -0.170. The van der Waals surface area contributed by atoms with Crippen LogP contribution in [-0.4, -0.2) is 25.8 Å². The number of ether oxygens (including phenoxy) is 1. The normalized spacial score (nSPS) is 15.0. The lowest BCUT2D eigenvalue weighted by Gasteiger charge is -2.36. The lowest BCUT2D eigenvalue weighted by Crippen LogP contribution is -2.49. The van der Waals surface area contributed by atoms with Gasteiger partial charge in [0.05, 0.1) is 6.10 Å². The van der Waals surface area contributed by atoms with E-state index in [1.165, 1.54) is 6.07 Å². The van der Waals surface area contributed by atoms with Crippen LogP contribution in [0.4, 0.5) is 4.39 Å². The van der Waals surface area contributed by atoms with E-state index >= 15 is 0 Å². The predicted molar refractivity (Wildman–Crippen MR) is 90.1 cm³/mol. The fourth-order valence-electron chi connectivity index (χ4n) is 2.66. The van der Waals surface area contributed by atoms with E-state index in [0.29, 0.717) is 6.42 Å². The number of methoxy groups -OCH3 is 1. The average molecular weight is 360 g/mol. The van der Waals surface area contributed by atoms with Gasteiger partial charge in [-0.3, -0.25) is 0 Å². The quantitative estimate of drug-likeness (QED) is 0.770. The van der Waals surface area contributed by atoms with E-state index in [9.17, 15) is 4.39 Å². The summed E-state index contributed by atoms with van der Waals surface area (Å²) >= 11 is 3.30. The van der Waals surface area contributed by atoms with E-state index in [4.69, 9.17) is 4.74 Å². The van der Waals surface area contributed by atoms with Gasteiger partial charge in [0.2, 0.25) is 0 Å². The van der Waals surface area contributed by atoms with Crippen LogP contribution in [0, 0.1) is 11.2 Å². The summed E-state index contributed by atoms with van der Waals surface area (Å²) in [6.45, 7) is 9.49. The Hall–Kier alpha value is -0.450. The van der Waals surface area contributed by atoms with Crippen LogP contribution >= 0.6 is 15.9 Å².